The van der Waals surface area contributed by atoms with Gasteiger partial charge in [-0.05, 0) is 0 Å². The first-order valence-electron chi connectivity index (χ1n) is 2.17. The van der Waals surface area contributed by atoms with Crippen LogP contribution in [0.4, 0.5) is 0 Å². The molecule has 0 unspecified atom stereocenters. The van der Waals surface area contributed by atoms with E-state index in [0.29, 0.717) is 0 Å². The number of hydrogen-bond acceptors (Lipinski definition) is 4. The Kier molecular flexibility index (Phi) is 57.4. The van der Waals surface area contributed by atoms with Crippen LogP contribution in [0.25, 0.3) is 0 Å². The Hall–Kier alpha value is 1.76. The van der Waals surface area contributed by atoms with Crippen LogP contribution >= 0.6 is 0 Å². The minimum absolute atomic E-state index is 0. The summed E-state index contributed by atoms with van der Waals surface area (Å²) in [5.41, 5.74) is 0. The van der Waals surface area contributed by atoms with Crippen LogP contribution in [0, 0.1) is 0 Å². The first kappa shape index (κ1) is 23.5. The molecule has 0 spiro atoms. The summed E-state index contributed by atoms with van der Waals surface area (Å²) in [7, 11) is 1.35. The van der Waals surface area contributed by atoms with Crippen molar-refractivity contribution in [1.29, 1.82) is 0 Å². The molecule has 12 heavy (non-hydrogen) atoms. The van der Waals surface area contributed by atoms with Crippen LogP contribution in [0.3, 0.4) is 0 Å². The SMILES string of the molecule is COC(C)=O.[O]=[Pb][OH].[O]=[Pb][OH].[Pb]. The van der Waals surface area contributed by atoms with Crippen LogP contribution in [0.1, 0.15) is 6.92 Å². The fourth-order valence-corrected chi connectivity index (χ4v) is 0. The van der Waals surface area contributed by atoms with E-state index in [4.69, 9.17) is 11.5 Å². The van der Waals surface area contributed by atoms with E-state index in [1.54, 1.807) is 0 Å². The van der Waals surface area contributed by atoms with E-state index in [2.05, 4.69) is 4.74 Å². The van der Waals surface area contributed by atoms with Gasteiger partial charge in [0.15, 0.2) is 0 Å². The summed E-state index contributed by atoms with van der Waals surface area (Å²) in [4.78, 5) is 9.59. The monoisotopic (exact) mass is 764 g/mol. The zero-order chi connectivity index (χ0) is 9.70. The molecule has 0 atom stereocenters. The summed E-state index contributed by atoms with van der Waals surface area (Å²) in [6, 6.07) is 0. The smallest absolute Gasteiger partial charge is 0 e. The normalized spacial score (nSPS) is 5.00. The summed E-state index contributed by atoms with van der Waals surface area (Å²) < 4.78 is 35.9. The molecule has 0 fully saturated rings. The van der Waals surface area contributed by atoms with Gasteiger partial charge in [0.25, 0.3) is 0 Å². The largest absolute Gasteiger partial charge is 0 e. The van der Waals surface area contributed by atoms with Gasteiger partial charge in [0.2, 0.25) is 0 Å². The van der Waals surface area contributed by atoms with E-state index >= 15 is 0 Å². The van der Waals surface area contributed by atoms with Crippen molar-refractivity contribution in [2.45, 2.75) is 6.92 Å². The van der Waals surface area contributed by atoms with Crippen LogP contribution in [-0.2, 0) is 14.9 Å². The molecule has 0 aliphatic carbocycles. The summed E-state index contributed by atoms with van der Waals surface area (Å²) >= 11 is -4.33. The molecule has 6 nitrogen and oxygen atoms in total. The molecule has 9 heteroatoms. The van der Waals surface area contributed by atoms with Crippen molar-refractivity contribution >= 4 is 82.7 Å². The van der Waals surface area contributed by atoms with Gasteiger partial charge in [0.1, 0.15) is 0 Å². The second kappa shape index (κ2) is 29.3. The summed E-state index contributed by atoms with van der Waals surface area (Å²) in [5.74, 6) is -0.245. The predicted octanol–water partition coefficient (Wildman–Crippen LogP) is -2.31. The molecule has 0 aromatic heterocycles. The first-order valence-corrected chi connectivity index (χ1v) is 8.82. The molecule has 6 radical (unpaired) electrons. The molecule has 68 valence electrons. The number of carbonyl (C=O) groups excluding carboxylic acids is 1. The van der Waals surface area contributed by atoms with Crippen molar-refractivity contribution in [2.24, 2.45) is 0 Å². The second-order valence-electron chi connectivity index (χ2n) is 0.878. The van der Waals surface area contributed by atoms with Gasteiger partial charge in [-0.2, -0.15) is 0 Å². The Balaban J connectivity index is -0.0000000406. The zero-order valence-electron chi connectivity index (χ0n) is 6.53. The second-order valence-corrected chi connectivity index (χ2v) is 2.30. The Morgan fingerprint density at radius 1 is 1.25 bits per heavy atom. The topological polar surface area (TPSA) is 101 Å². The van der Waals surface area contributed by atoms with Crippen molar-refractivity contribution in [1.82, 2.24) is 0 Å². The number of carbonyl (C=O) groups is 1. The Morgan fingerprint density at radius 3 is 1.33 bits per heavy atom. The van der Waals surface area contributed by atoms with E-state index in [-0.39, 0.29) is 33.3 Å². The van der Waals surface area contributed by atoms with Gasteiger partial charge in [-0.15, -0.1) is 0 Å². The van der Waals surface area contributed by atoms with Gasteiger partial charge in [-0.25, -0.2) is 0 Å². The minimum atomic E-state index is -2.17. The van der Waals surface area contributed by atoms with Crippen LogP contribution in [-0.4, -0.2) is 95.9 Å². The van der Waals surface area contributed by atoms with E-state index in [1.165, 1.54) is 14.0 Å². The molecular weight excluding hydrogens is 754 g/mol. The first-order chi connectivity index (χ1) is 5.10. The maximum Gasteiger partial charge on any atom is 0 e. The number of esters is 1. The summed E-state index contributed by atoms with van der Waals surface area (Å²) in [6.07, 6.45) is 0. The van der Waals surface area contributed by atoms with Crippen LogP contribution in [0.5, 0.6) is 0 Å². The molecule has 0 aliphatic rings. The van der Waals surface area contributed by atoms with Gasteiger partial charge in [-0.3, -0.25) is 4.79 Å². The Bertz CT molecular complexity index is 100. The molecule has 0 aromatic carbocycles. The minimum Gasteiger partial charge on any atom is 0 e. The predicted molar refractivity (Wildman–Crippen MR) is 40.8 cm³/mol. The summed E-state index contributed by atoms with van der Waals surface area (Å²) in [6.45, 7) is 1.36. The van der Waals surface area contributed by atoms with Gasteiger partial charge < -0.3 is 4.74 Å². The fourth-order valence-electron chi connectivity index (χ4n) is 0. The third kappa shape index (κ3) is 96.4. The van der Waals surface area contributed by atoms with Gasteiger partial charge >= 0.3 is 66.9 Å². The van der Waals surface area contributed by atoms with Gasteiger partial charge in [0, 0.05) is 34.2 Å². The number of hydrogen-bond donors (Lipinski definition) is 2. The van der Waals surface area contributed by atoms with Crippen molar-refractivity contribution in [3.8, 4) is 0 Å². The van der Waals surface area contributed by atoms with Crippen LogP contribution in [0.2, 0.25) is 0 Å². The van der Waals surface area contributed by atoms with Crippen molar-refractivity contribution in [3.05, 3.63) is 0 Å². The molecule has 0 saturated heterocycles. The standard InChI is InChI=1S/C3H6O2.2H2O.2O.3Pb/c1-3(4)5-2;;;;;;;/h1-2H3;2*1H2;;;;;/q;;;;;;2*+1/p-2. The average Bonchev–Trinajstić information content (AvgIpc) is 1.91. The van der Waals surface area contributed by atoms with Gasteiger partial charge in [-0.1, -0.05) is 0 Å². The number of rotatable bonds is 0. The van der Waals surface area contributed by atoms with E-state index in [1.807, 2.05) is 0 Å². The van der Waals surface area contributed by atoms with Crippen molar-refractivity contribution < 1.29 is 21.0 Å². The molecule has 0 aliphatic heterocycles. The molecular formula is C3H8O6Pb3. The maximum absolute atomic E-state index is 9.59. The van der Waals surface area contributed by atoms with Crippen molar-refractivity contribution in [2.75, 3.05) is 7.11 Å². The number of ether oxygens (including phenoxy) is 1. The maximum atomic E-state index is 9.59. The molecule has 0 bridgehead atoms. The third-order valence-corrected chi connectivity index (χ3v) is 0.287. The van der Waals surface area contributed by atoms with Crippen LogP contribution < -0.4 is 0 Å². The van der Waals surface area contributed by atoms with E-state index < -0.39 is 49.4 Å². The Labute approximate surface area is 116 Å². The van der Waals surface area contributed by atoms with Crippen molar-refractivity contribution in [3.63, 3.8) is 0 Å². The molecule has 0 aromatic rings. The quantitative estimate of drug-likeness (QED) is 0.213. The van der Waals surface area contributed by atoms with Crippen LogP contribution in [0.15, 0.2) is 0 Å². The molecule has 0 rings (SSSR count). The zero-order valence-corrected chi connectivity index (χ0v) is 18.2. The average molecular weight is 762 g/mol. The number of methoxy groups -OCH3 is 1. The van der Waals surface area contributed by atoms with E-state index in [9.17, 15) is 4.79 Å². The molecule has 0 heterocycles. The summed E-state index contributed by atoms with van der Waals surface area (Å²) in [5, 5.41) is 0. The van der Waals surface area contributed by atoms with Gasteiger partial charge in [0.05, 0.1) is 7.11 Å². The molecule has 2 N–H and O–H groups in total. The third-order valence-electron chi connectivity index (χ3n) is 0.287. The molecule has 0 saturated carbocycles. The molecule has 0 amide bonds. The fraction of sp³-hybridized carbons (Fsp3) is 0.667. The van der Waals surface area contributed by atoms with E-state index in [0.717, 1.165) is 0 Å². The Morgan fingerprint density at radius 2 is 1.33 bits per heavy atom.